The minimum atomic E-state index is -0.0384. The van der Waals surface area contributed by atoms with Crippen LogP contribution >= 0.6 is 0 Å². The number of hydrogen-bond donors (Lipinski definition) is 2. The quantitative estimate of drug-likeness (QED) is 0.815. The van der Waals surface area contributed by atoms with Gasteiger partial charge in [-0.25, -0.2) is 4.98 Å². The van der Waals surface area contributed by atoms with E-state index in [0.29, 0.717) is 18.4 Å². The fourth-order valence-electron chi connectivity index (χ4n) is 1.46. The number of anilines is 2. The van der Waals surface area contributed by atoms with Gasteiger partial charge in [0.25, 0.3) is 0 Å². The number of nitrogen functional groups attached to an aromatic ring is 1. The highest BCUT2D eigenvalue weighted by molar-refractivity contribution is 5.32. The molecule has 0 fully saturated rings. The number of aromatic nitrogens is 4. The normalized spacial score (nSPS) is 10.8. The molecule has 2 aromatic heterocycles. The Bertz CT molecular complexity index is 569. The first-order valence-electron chi connectivity index (χ1n) is 6.42. The van der Waals surface area contributed by atoms with Crippen molar-refractivity contribution in [2.45, 2.75) is 39.8 Å². The van der Waals surface area contributed by atoms with Crippen molar-refractivity contribution in [3.8, 4) is 6.01 Å². The van der Waals surface area contributed by atoms with E-state index in [1.54, 1.807) is 6.20 Å². The van der Waals surface area contributed by atoms with E-state index in [4.69, 9.17) is 14.9 Å². The molecule has 20 heavy (non-hydrogen) atoms. The summed E-state index contributed by atoms with van der Waals surface area (Å²) in [7, 11) is 0. The first-order valence-corrected chi connectivity index (χ1v) is 6.42. The van der Waals surface area contributed by atoms with Crippen LogP contribution < -0.4 is 15.8 Å². The Labute approximate surface area is 116 Å². The number of nitrogens with two attached hydrogens (primary N) is 1. The minimum absolute atomic E-state index is 0.0384. The molecule has 0 saturated heterocycles. The van der Waals surface area contributed by atoms with Gasteiger partial charge in [0.1, 0.15) is 5.76 Å². The maximum absolute atomic E-state index is 5.61. The van der Waals surface area contributed by atoms with E-state index < -0.39 is 0 Å². The van der Waals surface area contributed by atoms with Gasteiger partial charge in [-0.1, -0.05) is 6.92 Å². The summed E-state index contributed by atoms with van der Waals surface area (Å²) in [5, 5.41) is 2.97. The van der Waals surface area contributed by atoms with Crippen LogP contribution in [-0.2, 0) is 13.0 Å². The maximum Gasteiger partial charge on any atom is 0.323 e. The lowest BCUT2D eigenvalue weighted by atomic mass is 10.4. The largest absolute Gasteiger partial charge is 0.461 e. The Morgan fingerprint density at radius 3 is 2.80 bits per heavy atom. The zero-order chi connectivity index (χ0) is 14.5. The number of hydrogen-bond acceptors (Lipinski definition) is 8. The van der Waals surface area contributed by atoms with Gasteiger partial charge in [0.05, 0.1) is 18.8 Å². The second-order valence-electron chi connectivity index (χ2n) is 4.39. The molecule has 8 nitrogen and oxygen atoms in total. The van der Waals surface area contributed by atoms with Gasteiger partial charge in [0, 0.05) is 6.42 Å². The topological polar surface area (TPSA) is 112 Å². The van der Waals surface area contributed by atoms with Crippen molar-refractivity contribution >= 4 is 11.9 Å². The second kappa shape index (κ2) is 6.18. The molecule has 8 heteroatoms. The minimum Gasteiger partial charge on any atom is -0.461 e. The molecule has 0 atom stereocenters. The average Bonchev–Trinajstić information content (AvgIpc) is 2.83. The van der Waals surface area contributed by atoms with Gasteiger partial charge in [0.15, 0.2) is 0 Å². The van der Waals surface area contributed by atoms with Crippen molar-refractivity contribution in [2.75, 3.05) is 11.1 Å². The third-order valence-electron chi connectivity index (χ3n) is 2.32. The molecule has 0 aliphatic heterocycles. The first kappa shape index (κ1) is 14.0. The van der Waals surface area contributed by atoms with Gasteiger partial charge >= 0.3 is 6.01 Å². The second-order valence-corrected chi connectivity index (χ2v) is 4.39. The molecule has 0 aliphatic carbocycles. The molecule has 2 aromatic rings. The third kappa shape index (κ3) is 3.81. The van der Waals surface area contributed by atoms with Crippen LogP contribution in [0.1, 0.15) is 32.4 Å². The highest BCUT2D eigenvalue weighted by Crippen LogP contribution is 2.12. The van der Waals surface area contributed by atoms with Gasteiger partial charge in [-0.2, -0.15) is 15.0 Å². The monoisotopic (exact) mass is 278 g/mol. The van der Waals surface area contributed by atoms with E-state index in [-0.39, 0.29) is 18.1 Å². The molecule has 0 bridgehead atoms. The molecule has 0 aromatic carbocycles. The molecule has 0 radical (unpaired) electrons. The standard InChI is InChI=1S/C12H18N6O2/c1-4-8-5-14-9(20-8)6-15-11-16-10(13)17-12(18-11)19-7(2)3/h5,7H,4,6H2,1-3H3,(H3,13,15,16,17,18). The van der Waals surface area contributed by atoms with Gasteiger partial charge in [0.2, 0.25) is 17.8 Å². The van der Waals surface area contributed by atoms with Gasteiger partial charge in [-0.3, -0.25) is 0 Å². The number of aryl methyl sites for hydroxylation is 1. The number of nitrogens with zero attached hydrogens (tertiary/aromatic N) is 4. The molecule has 0 spiro atoms. The van der Waals surface area contributed by atoms with Crippen LogP contribution in [-0.4, -0.2) is 26.0 Å². The lowest BCUT2D eigenvalue weighted by Gasteiger charge is -2.09. The fraction of sp³-hybridized carbons (Fsp3) is 0.500. The summed E-state index contributed by atoms with van der Waals surface area (Å²) in [6.45, 7) is 6.13. The fourth-order valence-corrected chi connectivity index (χ4v) is 1.46. The highest BCUT2D eigenvalue weighted by Gasteiger charge is 2.08. The Balaban J connectivity index is 2.03. The van der Waals surface area contributed by atoms with Crippen molar-refractivity contribution in [2.24, 2.45) is 0 Å². The molecule has 2 heterocycles. The summed E-state index contributed by atoms with van der Waals surface area (Å²) in [4.78, 5) is 16.1. The summed E-state index contributed by atoms with van der Waals surface area (Å²) < 4.78 is 10.9. The Hall–Kier alpha value is -2.38. The van der Waals surface area contributed by atoms with Gasteiger partial charge in [-0.05, 0) is 13.8 Å². The number of oxazole rings is 1. The number of rotatable bonds is 6. The van der Waals surface area contributed by atoms with Crippen LogP contribution in [0, 0.1) is 0 Å². The molecule has 108 valence electrons. The number of ether oxygens (including phenoxy) is 1. The van der Waals surface area contributed by atoms with Crippen LogP contribution in [0.4, 0.5) is 11.9 Å². The van der Waals surface area contributed by atoms with Crippen LogP contribution in [0.15, 0.2) is 10.6 Å². The summed E-state index contributed by atoms with van der Waals surface area (Å²) >= 11 is 0. The van der Waals surface area contributed by atoms with Gasteiger partial charge in [-0.15, -0.1) is 0 Å². The Morgan fingerprint density at radius 2 is 2.15 bits per heavy atom. The molecule has 3 N–H and O–H groups in total. The molecule has 0 saturated carbocycles. The average molecular weight is 278 g/mol. The zero-order valence-electron chi connectivity index (χ0n) is 11.8. The van der Waals surface area contributed by atoms with E-state index in [0.717, 1.165) is 12.2 Å². The van der Waals surface area contributed by atoms with Gasteiger partial charge < -0.3 is 20.2 Å². The molecular formula is C12H18N6O2. The zero-order valence-corrected chi connectivity index (χ0v) is 11.8. The Kier molecular flexibility index (Phi) is 4.34. The van der Waals surface area contributed by atoms with E-state index in [1.165, 1.54) is 0 Å². The lowest BCUT2D eigenvalue weighted by Crippen LogP contribution is -2.13. The SMILES string of the molecule is CCc1cnc(CNc2nc(N)nc(OC(C)C)n2)o1. The third-order valence-corrected chi connectivity index (χ3v) is 2.32. The van der Waals surface area contributed by atoms with E-state index in [2.05, 4.69) is 25.3 Å². The molecular weight excluding hydrogens is 260 g/mol. The molecule has 0 amide bonds. The molecule has 0 unspecified atom stereocenters. The lowest BCUT2D eigenvalue weighted by molar-refractivity contribution is 0.222. The highest BCUT2D eigenvalue weighted by atomic mass is 16.5. The maximum atomic E-state index is 5.61. The van der Waals surface area contributed by atoms with Crippen LogP contribution in [0.5, 0.6) is 6.01 Å². The van der Waals surface area contributed by atoms with Crippen molar-refractivity contribution in [1.82, 2.24) is 19.9 Å². The van der Waals surface area contributed by atoms with E-state index in [9.17, 15) is 0 Å². The van der Waals surface area contributed by atoms with Crippen LogP contribution in [0.3, 0.4) is 0 Å². The number of nitrogens with one attached hydrogen (secondary N) is 1. The van der Waals surface area contributed by atoms with Crippen molar-refractivity contribution in [1.29, 1.82) is 0 Å². The van der Waals surface area contributed by atoms with E-state index in [1.807, 2.05) is 20.8 Å². The van der Waals surface area contributed by atoms with Crippen molar-refractivity contribution in [3.63, 3.8) is 0 Å². The first-order chi connectivity index (χ1) is 9.56. The van der Waals surface area contributed by atoms with E-state index >= 15 is 0 Å². The van der Waals surface area contributed by atoms with Crippen molar-refractivity contribution < 1.29 is 9.15 Å². The predicted octanol–water partition coefficient (Wildman–Crippen LogP) is 1.40. The van der Waals surface area contributed by atoms with Crippen LogP contribution in [0.2, 0.25) is 0 Å². The Morgan fingerprint density at radius 1 is 1.35 bits per heavy atom. The predicted molar refractivity (Wildman–Crippen MR) is 73.2 cm³/mol. The van der Waals surface area contributed by atoms with Crippen LogP contribution in [0.25, 0.3) is 0 Å². The summed E-state index contributed by atoms with van der Waals surface area (Å²) in [5.41, 5.74) is 5.61. The smallest absolute Gasteiger partial charge is 0.323 e. The summed E-state index contributed by atoms with van der Waals surface area (Å²) in [6.07, 6.45) is 2.47. The summed E-state index contributed by atoms with van der Waals surface area (Å²) in [5.74, 6) is 1.82. The molecule has 2 rings (SSSR count). The summed E-state index contributed by atoms with van der Waals surface area (Å²) in [6, 6.07) is 0.191. The van der Waals surface area contributed by atoms with Crippen molar-refractivity contribution in [3.05, 3.63) is 17.8 Å². The molecule has 0 aliphatic rings.